The average Bonchev–Trinajstić information content (AvgIpc) is 2.58. The first-order valence-corrected chi connectivity index (χ1v) is 6.89. The highest BCUT2D eigenvalue weighted by atomic mass is 16.4. The van der Waals surface area contributed by atoms with Crippen LogP contribution in [0.1, 0.15) is 16.7 Å². The summed E-state index contributed by atoms with van der Waals surface area (Å²) in [6, 6.07) is 14.7. The Bertz CT molecular complexity index is 734. The van der Waals surface area contributed by atoms with Gasteiger partial charge in [-0.2, -0.15) is 0 Å². The fourth-order valence-electron chi connectivity index (χ4n) is 1.93. The number of amidine groups is 1. The Morgan fingerprint density at radius 2 is 1.78 bits per heavy atom. The number of carboxylic acids is 1. The number of carbonyl (C=O) groups is 1. The Labute approximate surface area is 133 Å². The average molecular weight is 308 g/mol. The lowest BCUT2D eigenvalue weighted by atomic mass is 10.1. The highest BCUT2D eigenvalue weighted by molar-refractivity contribution is 5.96. The van der Waals surface area contributed by atoms with E-state index >= 15 is 0 Å². The van der Waals surface area contributed by atoms with Gasteiger partial charge in [0.15, 0.2) is 5.84 Å². The molecule has 0 aliphatic rings. The van der Waals surface area contributed by atoms with Crippen LogP contribution in [0, 0.1) is 10.9 Å². The molecular weight excluding hydrogens is 292 g/mol. The zero-order chi connectivity index (χ0) is 16.7. The predicted octanol–water partition coefficient (Wildman–Crippen LogP) is 3.75. The molecule has 0 aliphatic carbocycles. The van der Waals surface area contributed by atoms with E-state index < -0.39 is 5.97 Å². The summed E-state index contributed by atoms with van der Waals surface area (Å²) in [5.74, 6) is -1.04. The van der Waals surface area contributed by atoms with E-state index in [9.17, 15) is 4.79 Å². The van der Waals surface area contributed by atoms with Crippen molar-refractivity contribution in [1.29, 1.82) is 10.9 Å². The molecule has 4 N–H and O–H groups in total. The second-order valence-electron chi connectivity index (χ2n) is 4.80. The highest BCUT2D eigenvalue weighted by Gasteiger charge is 2.00. The summed E-state index contributed by atoms with van der Waals surface area (Å²) < 4.78 is 0. The van der Waals surface area contributed by atoms with Crippen LogP contribution in [0.2, 0.25) is 0 Å². The Morgan fingerprint density at radius 3 is 2.35 bits per heavy atom. The van der Waals surface area contributed by atoms with Crippen LogP contribution in [0.4, 0.5) is 5.69 Å². The van der Waals surface area contributed by atoms with Crippen LogP contribution in [0.3, 0.4) is 0 Å². The van der Waals surface area contributed by atoms with Crippen LogP contribution in [-0.2, 0) is 11.3 Å². The number of aliphatic carboxylic acids is 1. The van der Waals surface area contributed by atoms with Gasteiger partial charge >= 0.3 is 5.97 Å². The molecule has 0 saturated carbocycles. The zero-order valence-electron chi connectivity index (χ0n) is 12.3. The van der Waals surface area contributed by atoms with E-state index in [4.69, 9.17) is 16.0 Å². The fraction of sp³-hybridized carbons (Fsp3) is 0.0588. The SMILES string of the molecule is N=NC(=N)c1ccc(NCc2ccc(/C=C/C(=O)O)cc2)cc1. The molecule has 0 unspecified atom stereocenters. The summed E-state index contributed by atoms with van der Waals surface area (Å²) in [7, 11) is 0. The van der Waals surface area contributed by atoms with E-state index in [-0.39, 0.29) is 5.84 Å². The minimum absolute atomic E-state index is 0.0680. The number of rotatable bonds is 6. The molecule has 0 aromatic heterocycles. The standard InChI is InChI=1S/C17H16N4O2/c18-17(21-19)14-6-8-15(9-7-14)20-11-13-3-1-12(2-4-13)5-10-16(22)23/h1-10,18-20H,11H2,(H,22,23)/b10-5+,18-17?,21-19?. The summed E-state index contributed by atoms with van der Waals surface area (Å²) in [5, 5.41) is 22.4. The molecular formula is C17H16N4O2. The van der Waals surface area contributed by atoms with Gasteiger partial charge in [0.2, 0.25) is 0 Å². The van der Waals surface area contributed by atoms with Gasteiger partial charge in [0.05, 0.1) is 0 Å². The molecule has 2 aromatic rings. The van der Waals surface area contributed by atoms with Crippen molar-refractivity contribution in [2.75, 3.05) is 5.32 Å². The number of nitrogens with zero attached hydrogens (tertiary/aromatic N) is 1. The molecule has 0 radical (unpaired) electrons. The van der Waals surface area contributed by atoms with Gasteiger partial charge in [-0.1, -0.05) is 24.3 Å². The summed E-state index contributed by atoms with van der Waals surface area (Å²) in [5.41, 5.74) is 10.2. The van der Waals surface area contributed by atoms with Crippen LogP contribution in [0.25, 0.3) is 6.08 Å². The molecule has 0 heterocycles. The minimum atomic E-state index is -0.967. The van der Waals surface area contributed by atoms with E-state index in [0.29, 0.717) is 12.1 Å². The van der Waals surface area contributed by atoms with Gasteiger partial charge in [-0.05, 0) is 41.5 Å². The van der Waals surface area contributed by atoms with Crippen LogP contribution in [-0.4, -0.2) is 16.9 Å². The Kier molecular flexibility index (Phi) is 5.35. The fourth-order valence-corrected chi connectivity index (χ4v) is 1.93. The van der Waals surface area contributed by atoms with Crippen molar-refractivity contribution in [3.05, 3.63) is 71.3 Å². The van der Waals surface area contributed by atoms with Crippen LogP contribution >= 0.6 is 0 Å². The molecule has 0 spiro atoms. The lowest BCUT2D eigenvalue weighted by Crippen LogP contribution is -2.00. The number of carboxylic acid groups (broad SMARTS) is 1. The maximum Gasteiger partial charge on any atom is 0.328 e. The first kappa shape index (κ1) is 16.1. The molecule has 0 aliphatic heterocycles. The highest BCUT2D eigenvalue weighted by Crippen LogP contribution is 2.13. The summed E-state index contributed by atoms with van der Waals surface area (Å²) in [6.45, 7) is 0.628. The molecule has 0 amide bonds. The third-order valence-electron chi connectivity index (χ3n) is 3.16. The quantitative estimate of drug-likeness (QED) is 0.282. The molecule has 2 rings (SSSR count). The third kappa shape index (κ3) is 4.89. The number of anilines is 1. The maximum atomic E-state index is 10.5. The molecule has 0 bridgehead atoms. The first-order valence-electron chi connectivity index (χ1n) is 6.89. The molecule has 0 saturated heterocycles. The van der Waals surface area contributed by atoms with Gasteiger partial charge in [-0.15, -0.1) is 5.11 Å². The molecule has 6 heteroatoms. The summed E-state index contributed by atoms with van der Waals surface area (Å²) in [4.78, 5) is 10.5. The second-order valence-corrected chi connectivity index (χ2v) is 4.80. The van der Waals surface area contributed by atoms with Crippen LogP contribution in [0.15, 0.2) is 59.7 Å². The van der Waals surface area contributed by atoms with Gasteiger partial charge < -0.3 is 10.4 Å². The molecule has 0 atom stereocenters. The van der Waals surface area contributed by atoms with Crippen molar-refractivity contribution in [2.45, 2.75) is 6.54 Å². The Morgan fingerprint density at radius 1 is 1.13 bits per heavy atom. The number of hydrogen-bond donors (Lipinski definition) is 4. The first-order chi connectivity index (χ1) is 11.1. The van der Waals surface area contributed by atoms with Gasteiger partial charge in [0.1, 0.15) is 0 Å². The summed E-state index contributed by atoms with van der Waals surface area (Å²) >= 11 is 0. The predicted molar refractivity (Wildman–Crippen MR) is 88.9 cm³/mol. The number of nitrogens with one attached hydrogen (secondary N) is 3. The van der Waals surface area contributed by atoms with Gasteiger partial charge in [-0.25, -0.2) is 10.3 Å². The van der Waals surface area contributed by atoms with Crippen molar-refractivity contribution in [3.8, 4) is 0 Å². The van der Waals surface area contributed by atoms with Gasteiger partial charge in [0.25, 0.3) is 0 Å². The van der Waals surface area contributed by atoms with Crippen LogP contribution in [0.5, 0.6) is 0 Å². The Hall–Kier alpha value is -3.28. The Balaban J connectivity index is 1.94. The van der Waals surface area contributed by atoms with E-state index in [0.717, 1.165) is 22.9 Å². The number of hydrogen-bond acceptors (Lipinski definition) is 4. The van der Waals surface area contributed by atoms with E-state index in [1.54, 1.807) is 18.2 Å². The molecule has 0 fully saturated rings. The van der Waals surface area contributed by atoms with E-state index in [2.05, 4.69) is 10.4 Å². The number of benzene rings is 2. The van der Waals surface area contributed by atoms with Crippen molar-refractivity contribution in [2.24, 2.45) is 5.11 Å². The van der Waals surface area contributed by atoms with Gasteiger partial charge in [-0.3, -0.25) is 5.41 Å². The minimum Gasteiger partial charge on any atom is -0.478 e. The monoisotopic (exact) mass is 308 g/mol. The lowest BCUT2D eigenvalue weighted by molar-refractivity contribution is -0.131. The second kappa shape index (κ2) is 7.65. The van der Waals surface area contributed by atoms with Crippen molar-refractivity contribution in [1.82, 2.24) is 0 Å². The van der Waals surface area contributed by atoms with Crippen molar-refractivity contribution in [3.63, 3.8) is 0 Å². The van der Waals surface area contributed by atoms with Gasteiger partial charge in [0, 0.05) is 23.9 Å². The normalized spacial score (nSPS) is 10.4. The molecule has 23 heavy (non-hydrogen) atoms. The van der Waals surface area contributed by atoms with Crippen molar-refractivity contribution >= 4 is 23.6 Å². The van der Waals surface area contributed by atoms with Crippen LogP contribution < -0.4 is 5.32 Å². The lowest BCUT2D eigenvalue weighted by Gasteiger charge is -2.07. The topological polar surface area (TPSA) is 109 Å². The van der Waals surface area contributed by atoms with E-state index in [1.165, 1.54) is 0 Å². The smallest absolute Gasteiger partial charge is 0.328 e. The molecule has 116 valence electrons. The zero-order valence-corrected chi connectivity index (χ0v) is 12.3. The molecule has 6 nitrogen and oxygen atoms in total. The molecule has 2 aromatic carbocycles. The summed E-state index contributed by atoms with van der Waals surface area (Å²) in [6.07, 6.45) is 2.65. The largest absolute Gasteiger partial charge is 0.478 e. The third-order valence-corrected chi connectivity index (χ3v) is 3.16. The maximum absolute atomic E-state index is 10.5. The van der Waals surface area contributed by atoms with E-state index in [1.807, 2.05) is 36.4 Å². The van der Waals surface area contributed by atoms with Crippen molar-refractivity contribution < 1.29 is 9.90 Å².